The minimum atomic E-state index is -0.915. The summed E-state index contributed by atoms with van der Waals surface area (Å²) < 4.78 is 5.38. The number of carbonyl (C=O) groups is 3. The van der Waals surface area contributed by atoms with E-state index in [1.165, 1.54) is 0 Å². The lowest BCUT2D eigenvalue weighted by Crippen LogP contribution is -2.56. The summed E-state index contributed by atoms with van der Waals surface area (Å²) >= 11 is 0. The molecule has 0 aromatic heterocycles. The quantitative estimate of drug-likeness (QED) is 0.430. The molecule has 0 spiro atoms. The average Bonchev–Trinajstić information content (AvgIpc) is 2.77. The molecule has 7 heteroatoms. The van der Waals surface area contributed by atoms with Crippen molar-refractivity contribution in [3.63, 3.8) is 0 Å². The number of amides is 3. The van der Waals surface area contributed by atoms with Crippen LogP contribution in [-0.4, -0.2) is 41.6 Å². The molecule has 2 aromatic carbocycles. The largest absolute Gasteiger partial charge is 0.444 e. The summed E-state index contributed by atoms with van der Waals surface area (Å²) in [4.78, 5) is 39.2. The number of hydrogen-bond acceptors (Lipinski definition) is 4. The second-order valence-corrected chi connectivity index (χ2v) is 10.7. The highest BCUT2D eigenvalue weighted by Gasteiger charge is 2.29. The minimum absolute atomic E-state index is 0.0346. The van der Waals surface area contributed by atoms with Gasteiger partial charge in [0.05, 0.1) is 0 Å². The maximum Gasteiger partial charge on any atom is 0.408 e. The van der Waals surface area contributed by atoms with Gasteiger partial charge < -0.3 is 20.7 Å². The van der Waals surface area contributed by atoms with Crippen molar-refractivity contribution < 1.29 is 19.1 Å². The molecule has 3 N–H and O–H groups in total. The fourth-order valence-electron chi connectivity index (χ4n) is 3.95. The van der Waals surface area contributed by atoms with Crippen LogP contribution in [0.2, 0.25) is 0 Å². The highest BCUT2D eigenvalue weighted by molar-refractivity contribution is 5.91. The summed E-state index contributed by atoms with van der Waals surface area (Å²) in [6.07, 6.45) is 0.731. The van der Waals surface area contributed by atoms with E-state index in [0.717, 1.165) is 17.5 Å². The number of carbonyl (C=O) groups excluding carboxylic acids is 3. The number of ether oxygens (including phenoxy) is 1. The first kappa shape index (κ1) is 28.9. The lowest BCUT2D eigenvalue weighted by Gasteiger charge is -2.26. The van der Waals surface area contributed by atoms with Crippen molar-refractivity contribution in [2.45, 2.75) is 84.5 Å². The first-order valence-electron chi connectivity index (χ1n) is 12.6. The van der Waals surface area contributed by atoms with Crippen LogP contribution in [0, 0.1) is 5.92 Å². The van der Waals surface area contributed by atoms with Gasteiger partial charge in [-0.3, -0.25) is 9.59 Å². The zero-order chi connectivity index (χ0) is 26.7. The fourth-order valence-corrected chi connectivity index (χ4v) is 3.95. The van der Waals surface area contributed by atoms with Crippen LogP contribution < -0.4 is 16.0 Å². The molecule has 0 aliphatic carbocycles. The molecular formula is C29H41N3O4. The highest BCUT2D eigenvalue weighted by Crippen LogP contribution is 2.11. The molecule has 36 heavy (non-hydrogen) atoms. The third-order valence-electron chi connectivity index (χ3n) is 5.42. The molecule has 0 radical (unpaired) electrons. The SMILES string of the molecule is CC(C)C[C@@H](C)NC(=O)[C@@H](Cc1ccccc1)NC(=O)[C@@H](Cc1ccccc1)NC(=O)OC(C)(C)C. The Hall–Kier alpha value is -3.35. The van der Waals surface area contributed by atoms with Gasteiger partial charge >= 0.3 is 6.09 Å². The van der Waals surface area contributed by atoms with Crippen LogP contribution in [-0.2, 0) is 27.2 Å². The number of rotatable bonds is 11. The molecule has 2 rings (SSSR count). The Morgan fingerprint density at radius 3 is 1.61 bits per heavy atom. The smallest absolute Gasteiger partial charge is 0.408 e. The second kappa shape index (κ2) is 13.7. The monoisotopic (exact) mass is 495 g/mol. The van der Waals surface area contributed by atoms with Gasteiger partial charge in [0.25, 0.3) is 0 Å². The van der Waals surface area contributed by atoms with E-state index in [2.05, 4.69) is 29.8 Å². The van der Waals surface area contributed by atoms with E-state index in [-0.39, 0.29) is 18.4 Å². The molecule has 7 nitrogen and oxygen atoms in total. The Morgan fingerprint density at radius 1 is 0.722 bits per heavy atom. The van der Waals surface area contributed by atoms with E-state index in [0.29, 0.717) is 12.3 Å². The van der Waals surface area contributed by atoms with Crippen LogP contribution in [0.5, 0.6) is 0 Å². The predicted molar refractivity (Wildman–Crippen MR) is 142 cm³/mol. The Bertz CT molecular complexity index is 971. The molecule has 2 aromatic rings. The summed E-state index contributed by atoms with van der Waals surface area (Å²) in [7, 11) is 0. The predicted octanol–water partition coefficient (Wildman–Crippen LogP) is 4.40. The van der Waals surface area contributed by atoms with Crippen molar-refractivity contribution in [3.05, 3.63) is 71.8 Å². The number of nitrogens with one attached hydrogen (secondary N) is 3. The number of benzene rings is 2. The first-order chi connectivity index (χ1) is 16.9. The van der Waals surface area contributed by atoms with Crippen molar-refractivity contribution in [1.29, 1.82) is 0 Å². The van der Waals surface area contributed by atoms with Gasteiger partial charge in [0, 0.05) is 18.9 Å². The number of alkyl carbamates (subject to hydrolysis) is 1. The summed E-state index contributed by atoms with van der Waals surface area (Å²) in [6, 6.07) is 17.2. The Labute approximate surface area is 215 Å². The van der Waals surface area contributed by atoms with Crippen LogP contribution in [0.3, 0.4) is 0 Å². The molecule has 0 bridgehead atoms. The van der Waals surface area contributed by atoms with Crippen LogP contribution in [0.1, 0.15) is 59.1 Å². The molecule has 3 atom stereocenters. The third kappa shape index (κ3) is 10.9. The third-order valence-corrected chi connectivity index (χ3v) is 5.42. The van der Waals surface area contributed by atoms with Crippen LogP contribution in [0.15, 0.2) is 60.7 Å². The molecule has 0 aliphatic rings. The maximum atomic E-state index is 13.5. The lowest BCUT2D eigenvalue weighted by molar-refractivity contribution is -0.130. The normalized spacial score (nSPS) is 13.9. The Morgan fingerprint density at radius 2 is 1.17 bits per heavy atom. The van der Waals surface area contributed by atoms with Crippen LogP contribution in [0.4, 0.5) is 4.79 Å². The molecule has 196 valence electrons. The summed E-state index contributed by atoms with van der Waals surface area (Å²) in [5, 5.41) is 8.61. The van der Waals surface area contributed by atoms with E-state index in [4.69, 9.17) is 4.74 Å². The van der Waals surface area contributed by atoms with Crippen molar-refractivity contribution in [2.75, 3.05) is 0 Å². The van der Waals surface area contributed by atoms with Gasteiger partial charge in [-0.05, 0) is 51.2 Å². The number of hydrogen-bond donors (Lipinski definition) is 3. The minimum Gasteiger partial charge on any atom is -0.444 e. The van der Waals surface area contributed by atoms with Crippen LogP contribution in [0.25, 0.3) is 0 Å². The first-order valence-corrected chi connectivity index (χ1v) is 12.6. The van der Waals surface area contributed by atoms with Crippen molar-refractivity contribution >= 4 is 17.9 Å². The zero-order valence-corrected chi connectivity index (χ0v) is 22.3. The Balaban J connectivity index is 2.23. The summed E-state index contributed by atoms with van der Waals surface area (Å²) in [6.45, 7) is 11.4. The molecule has 3 amide bonds. The zero-order valence-electron chi connectivity index (χ0n) is 22.3. The Kier molecular flexibility index (Phi) is 11.0. The van der Waals surface area contributed by atoms with Gasteiger partial charge in [0.2, 0.25) is 11.8 Å². The van der Waals surface area contributed by atoms with Gasteiger partial charge in [0.15, 0.2) is 0 Å². The van der Waals surface area contributed by atoms with E-state index in [1.807, 2.05) is 67.6 Å². The van der Waals surface area contributed by atoms with E-state index < -0.39 is 29.7 Å². The lowest BCUT2D eigenvalue weighted by atomic mass is 10.0. The fraction of sp³-hybridized carbons (Fsp3) is 0.483. The van der Waals surface area contributed by atoms with E-state index in [9.17, 15) is 14.4 Å². The highest BCUT2D eigenvalue weighted by atomic mass is 16.6. The van der Waals surface area contributed by atoms with Gasteiger partial charge in [0.1, 0.15) is 17.7 Å². The topological polar surface area (TPSA) is 96.5 Å². The van der Waals surface area contributed by atoms with E-state index >= 15 is 0 Å². The summed E-state index contributed by atoms with van der Waals surface area (Å²) in [5.41, 5.74) is 1.10. The van der Waals surface area contributed by atoms with Crippen molar-refractivity contribution in [2.24, 2.45) is 5.92 Å². The molecule has 0 heterocycles. The molecule has 0 aliphatic heterocycles. The van der Waals surface area contributed by atoms with E-state index in [1.54, 1.807) is 20.8 Å². The van der Waals surface area contributed by atoms with Crippen molar-refractivity contribution in [3.8, 4) is 0 Å². The molecule has 0 fully saturated rings. The second-order valence-electron chi connectivity index (χ2n) is 10.7. The standard InChI is InChI=1S/C29H41N3O4/c1-20(2)17-21(3)30-26(33)24(18-22-13-9-7-10-14-22)31-27(34)25(19-23-15-11-8-12-16-23)32-28(35)36-29(4,5)6/h7-16,20-21,24-25H,17-19H2,1-6H3,(H,30,33)(H,31,34)(H,32,35)/t21-,24-,25-/m1/s1. The van der Waals surface area contributed by atoms with Crippen molar-refractivity contribution in [1.82, 2.24) is 16.0 Å². The maximum absolute atomic E-state index is 13.5. The van der Waals surface area contributed by atoms with Gasteiger partial charge in [-0.2, -0.15) is 0 Å². The van der Waals surface area contributed by atoms with Gasteiger partial charge in [-0.25, -0.2) is 4.79 Å². The summed E-state index contributed by atoms with van der Waals surface area (Å²) in [5.74, 6) is -0.274. The van der Waals surface area contributed by atoms with Gasteiger partial charge in [-0.1, -0.05) is 74.5 Å². The van der Waals surface area contributed by atoms with Crippen LogP contribution >= 0.6 is 0 Å². The van der Waals surface area contributed by atoms with Gasteiger partial charge in [-0.15, -0.1) is 0 Å². The molecule has 0 unspecified atom stereocenters. The average molecular weight is 496 g/mol. The molecule has 0 saturated heterocycles. The molecule has 0 saturated carbocycles. The molecular weight excluding hydrogens is 454 g/mol.